The maximum Gasteiger partial charge on any atom is 0.0593 e. The van der Waals surface area contributed by atoms with Crippen molar-refractivity contribution >= 4 is 0 Å². The van der Waals surface area contributed by atoms with Gasteiger partial charge in [0.2, 0.25) is 0 Å². The molecule has 1 saturated carbocycles. The summed E-state index contributed by atoms with van der Waals surface area (Å²) in [5.74, 6) is 2.76. The number of nitrogens with one attached hydrogen (secondary N) is 1. The number of nitrogens with zero attached hydrogens (tertiary/aromatic N) is 1. The van der Waals surface area contributed by atoms with Crippen LogP contribution in [-0.2, 0) is 4.74 Å². The number of fused-ring (bicyclic) bond motifs is 1. The van der Waals surface area contributed by atoms with Gasteiger partial charge in [0.15, 0.2) is 0 Å². The Balaban J connectivity index is 1.31. The van der Waals surface area contributed by atoms with Gasteiger partial charge in [-0.2, -0.15) is 0 Å². The fourth-order valence-corrected chi connectivity index (χ4v) is 2.86. The largest absolute Gasteiger partial charge is 0.380 e. The second-order valence-electron chi connectivity index (χ2n) is 5.46. The molecule has 0 aromatic carbocycles. The molecule has 1 N–H and O–H groups in total. The summed E-state index contributed by atoms with van der Waals surface area (Å²) in [6, 6.07) is 0. The molecule has 15 heavy (non-hydrogen) atoms. The van der Waals surface area contributed by atoms with Crippen molar-refractivity contribution in [3.8, 4) is 0 Å². The van der Waals surface area contributed by atoms with E-state index in [4.69, 9.17) is 4.74 Å². The number of rotatable bonds is 5. The lowest BCUT2D eigenvalue weighted by Gasteiger charge is -2.16. The van der Waals surface area contributed by atoms with Crippen LogP contribution in [0.25, 0.3) is 0 Å². The molecule has 3 rings (SSSR count). The van der Waals surface area contributed by atoms with Crippen LogP contribution in [-0.4, -0.2) is 50.8 Å². The smallest absolute Gasteiger partial charge is 0.0593 e. The van der Waals surface area contributed by atoms with Gasteiger partial charge < -0.3 is 15.0 Å². The first-order chi connectivity index (χ1) is 7.42. The molecule has 0 aromatic rings. The number of likely N-dealkylation sites (tertiary alicyclic amines) is 1. The summed E-state index contributed by atoms with van der Waals surface area (Å²) in [4.78, 5) is 2.59. The molecular formula is C12H22N2O. The minimum absolute atomic E-state index is 0.909. The Bertz CT molecular complexity index is 206. The Labute approximate surface area is 92.2 Å². The molecule has 3 aliphatic rings. The van der Waals surface area contributed by atoms with Crippen LogP contribution in [0.15, 0.2) is 0 Å². The molecule has 86 valence electrons. The average Bonchev–Trinajstić information content (AvgIpc) is 2.81. The van der Waals surface area contributed by atoms with E-state index in [1.165, 1.54) is 39.0 Å². The topological polar surface area (TPSA) is 24.5 Å². The maximum absolute atomic E-state index is 5.68. The first-order valence-electron chi connectivity index (χ1n) is 6.42. The molecule has 0 spiro atoms. The van der Waals surface area contributed by atoms with E-state index >= 15 is 0 Å². The van der Waals surface area contributed by atoms with Crippen molar-refractivity contribution < 1.29 is 4.74 Å². The molecule has 0 bridgehead atoms. The highest BCUT2D eigenvalue weighted by atomic mass is 16.5. The highest BCUT2D eigenvalue weighted by Crippen LogP contribution is 2.29. The van der Waals surface area contributed by atoms with Crippen molar-refractivity contribution in [1.82, 2.24) is 10.2 Å². The highest BCUT2D eigenvalue weighted by Gasteiger charge is 2.35. The SMILES string of the molecule is C(CN1C[C@H]2CNC[C@H]2C1)OCC1CC1. The van der Waals surface area contributed by atoms with E-state index in [1.54, 1.807) is 0 Å². The molecule has 1 aliphatic carbocycles. The zero-order valence-electron chi connectivity index (χ0n) is 9.45. The lowest BCUT2D eigenvalue weighted by molar-refractivity contribution is 0.101. The predicted molar refractivity (Wildman–Crippen MR) is 59.8 cm³/mol. The van der Waals surface area contributed by atoms with Gasteiger partial charge in [0.1, 0.15) is 0 Å². The van der Waals surface area contributed by atoms with Gasteiger partial charge in [-0.1, -0.05) is 0 Å². The second kappa shape index (κ2) is 4.40. The first-order valence-corrected chi connectivity index (χ1v) is 6.42. The fourth-order valence-electron chi connectivity index (χ4n) is 2.86. The van der Waals surface area contributed by atoms with Crippen molar-refractivity contribution in [2.45, 2.75) is 12.8 Å². The van der Waals surface area contributed by atoms with Gasteiger partial charge in [-0.05, 0) is 43.7 Å². The quantitative estimate of drug-likeness (QED) is 0.671. The number of hydrogen-bond acceptors (Lipinski definition) is 3. The first kappa shape index (κ1) is 10.1. The van der Waals surface area contributed by atoms with E-state index < -0.39 is 0 Å². The third kappa shape index (κ3) is 2.52. The molecule has 0 unspecified atom stereocenters. The Hall–Kier alpha value is -0.120. The van der Waals surface area contributed by atoms with Crippen molar-refractivity contribution in [2.75, 3.05) is 45.9 Å². The second-order valence-corrected chi connectivity index (χ2v) is 5.46. The Morgan fingerprint density at radius 1 is 1.13 bits per heavy atom. The standard InChI is InChI=1S/C12H22N2O/c1-2-10(1)9-15-4-3-14-7-11-5-13-6-12(11)8-14/h10-13H,1-9H2/t11-,12+. The summed E-state index contributed by atoms with van der Waals surface area (Å²) in [6.45, 7) is 8.19. The minimum Gasteiger partial charge on any atom is -0.380 e. The van der Waals surface area contributed by atoms with Crippen molar-refractivity contribution in [2.24, 2.45) is 17.8 Å². The number of hydrogen-bond donors (Lipinski definition) is 1. The molecule has 3 fully saturated rings. The zero-order valence-corrected chi connectivity index (χ0v) is 9.45. The lowest BCUT2D eigenvalue weighted by Crippen LogP contribution is -2.29. The monoisotopic (exact) mass is 210 g/mol. The summed E-state index contributed by atoms with van der Waals surface area (Å²) in [5, 5.41) is 3.48. The number of ether oxygens (including phenoxy) is 1. The molecular weight excluding hydrogens is 188 g/mol. The van der Waals surface area contributed by atoms with E-state index in [0.29, 0.717) is 0 Å². The molecule has 0 aromatic heterocycles. The van der Waals surface area contributed by atoms with Crippen molar-refractivity contribution in [3.05, 3.63) is 0 Å². The van der Waals surface area contributed by atoms with Crippen molar-refractivity contribution in [1.29, 1.82) is 0 Å². The highest BCUT2D eigenvalue weighted by molar-refractivity contribution is 4.90. The van der Waals surface area contributed by atoms with Gasteiger partial charge in [-0.25, -0.2) is 0 Å². The Morgan fingerprint density at radius 2 is 1.87 bits per heavy atom. The van der Waals surface area contributed by atoms with Crippen LogP contribution in [0, 0.1) is 17.8 Å². The normalized spacial score (nSPS) is 36.0. The summed E-state index contributed by atoms with van der Waals surface area (Å²) < 4.78 is 5.68. The molecule has 0 radical (unpaired) electrons. The summed E-state index contributed by atoms with van der Waals surface area (Å²) in [5.41, 5.74) is 0. The Morgan fingerprint density at radius 3 is 2.53 bits per heavy atom. The van der Waals surface area contributed by atoms with Gasteiger partial charge in [-0.3, -0.25) is 0 Å². The van der Waals surface area contributed by atoms with E-state index in [0.717, 1.165) is 37.5 Å². The minimum atomic E-state index is 0.909. The molecule has 3 nitrogen and oxygen atoms in total. The van der Waals surface area contributed by atoms with Crippen LogP contribution >= 0.6 is 0 Å². The average molecular weight is 210 g/mol. The third-order valence-corrected chi connectivity index (χ3v) is 4.07. The molecule has 3 heteroatoms. The van der Waals surface area contributed by atoms with E-state index in [-0.39, 0.29) is 0 Å². The van der Waals surface area contributed by atoms with Gasteiger partial charge in [0.05, 0.1) is 6.61 Å². The maximum atomic E-state index is 5.68. The van der Waals surface area contributed by atoms with Gasteiger partial charge in [0, 0.05) is 26.2 Å². The van der Waals surface area contributed by atoms with Crippen LogP contribution in [0.4, 0.5) is 0 Å². The van der Waals surface area contributed by atoms with Crippen LogP contribution in [0.1, 0.15) is 12.8 Å². The summed E-state index contributed by atoms with van der Waals surface area (Å²) in [6.07, 6.45) is 2.80. The van der Waals surface area contributed by atoms with Crippen LogP contribution in [0.5, 0.6) is 0 Å². The molecule has 2 heterocycles. The fraction of sp³-hybridized carbons (Fsp3) is 1.00. The summed E-state index contributed by atoms with van der Waals surface area (Å²) >= 11 is 0. The van der Waals surface area contributed by atoms with Gasteiger partial charge >= 0.3 is 0 Å². The third-order valence-electron chi connectivity index (χ3n) is 4.07. The molecule has 2 atom stereocenters. The zero-order chi connectivity index (χ0) is 10.1. The summed E-state index contributed by atoms with van der Waals surface area (Å²) in [7, 11) is 0. The molecule has 2 saturated heterocycles. The predicted octanol–water partition coefficient (Wildman–Crippen LogP) is 0.564. The van der Waals surface area contributed by atoms with E-state index in [9.17, 15) is 0 Å². The van der Waals surface area contributed by atoms with Crippen LogP contribution in [0.3, 0.4) is 0 Å². The Kier molecular flexibility index (Phi) is 2.95. The van der Waals surface area contributed by atoms with E-state index in [2.05, 4.69) is 10.2 Å². The van der Waals surface area contributed by atoms with Gasteiger partial charge in [0.25, 0.3) is 0 Å². The van der Waals surface area contributed by atoms with Gasteiger partial charge in [-0.15, -0.1) is 0 Å². The molecule has 0 amide bonds. The van der Waals surface area contributed by atoms with E-state index in [1.807, 2.05) is 0 Å². The van der Waals surface area contributed by atoms with Crippen LogP contribution in [0.2, 0.25) is 0 Å². The van der Waals surface area contributed by atoms with Crippen molar-refractivity contribution in [3.63, 3.8) is 0 Å². The van der Waals surface area contributed by atoms with Crippen LogP contribution < -0.4 is 5.32 Å². The molecule has 2 aliphatic heterocycles. The lowest BCUT2D eigenvalue weighted by atomic mass is 10.0.